The summed E-state index contributed by atoms with van der Waals surface area (Å²) in [5, 5.41) is 4.05. The lowest BCUT2D eigenvalue weighted by Gasteiger charge is -2.34. The van der Waals surface area contributed by atoms with Gasteiger partial charge in [0, 0.05) is 36.2 Å². The zero-order chi connectivity index (χ0) is 16.7. The van der Waals surface area contributed by atoms with Crippen LogP contribution in [0.5, 0.6) is 0 Å². The lowest BCUT2D eigenvalue weighted by molar-refractivity contribution is 0.1000. The largest absolute Gasteiger partial charge is 0.366 e. The molecule has 23 heavy (non-hydrogen) atoms. The minimum Gasteiger partial charge on any atom is -0.366 e. The molecule has 0 aromatic heterocycles. The number of thioether (sulfide) groups is 1. The third-order valence-electron chi connectivity index (χ3n) is 3.85. The van der Waals surface area contributed by atoms with Crippen LogP contribution in [-0.2, 0) is 6.54 Å². The zero-order valence-corrected chi connectivity index (χ0v) is 14.7. The Bertz CT molecular complexity index is 561. The molecule has 1 fully saturated rings. The highest BCUT2D eigenvalue weighted by molar-refractivity contribution is 8.00. The molecule has 0 bridgehead atoms. The Morgan fingerprint density at radius 1 is 1.48 bits per heavy atom. The number of nitrogens with one attached hydrogen (secondary N) is 1. The summed E-state index contributed by atoms with van der Waals surface area (Å²) in [7, 11) is 0. The van der Waals surface area contributed by atoms with Gasteiger partial charge in [0.25, 0.3) is 0 Å². The van der Waals surface area contributed by atoms with Gasteiger partial charge < -0.3 is 16.0 Å². The standard InChI is InChI=1S/C17H26N4OS/c1-3-15-12-21(8-9-23-15)17(19-4-2)20-11-13-6-5-7-14(10-13)16(18)22/h5-7,10,15H,3-4,8-9,11-12H2,1-2H3,(H2,18,22)(H,19,20). The average molecular weight is 334 g/mol. The number of hydrogen-bond acceptors (Lipinski definition) is 3. The van der Waals surface area contributed by atoms with Gasteiger partial charge in [-0.3, -0.25) is 4.79 Å². The van der Waals surface area contributed by atoms with Crippen LogP contribution >= 0.6 is 11.8 Å². The number of hydrogen-bond donors (Lipinski definition) is 2. The molecular formula is C17H26N4OS. The van der Waals surface area contributed by atoms with Gasteiger partial charge in [0.1, 0.15) is 0 Å². The maximum Gasteiger partial charge on any atom is 0.248 e. The first-order valence-electron chi connectivity index (χ1n) is 8.17. The molecule has 5 nitrogen and oxygen atoms in total. The Morgan fingerprint density at radius 3 is 3.00 bits per heavy atom. The molecule has 6 heteroatoms. The van der Waals surface area contributed by atoms with Gasteiger partial charge in [-0.1, -0.05) is 19.1 Å². The van der Waals surface area contributed by atoms with Crippen LogP contribution < -0.4 is 11.1 Å². The molecule has 0 aliphatic carbocycles. The van der Waals surface area contributed by atoms with Crippen molar-refractivity contribution < 1.29 is 4.79 Å². The Labute approximate surface area is 142 Å². The Kier molecular flexibility index (Phi) is 6.77. The maximum atomic E-state index is 11.3. The van der Waals surface area contributed by atoms with Crippen molar-refractivity contribution in [3.63, 3.8) is 0 Å². The summed E-state index contributed by atoms with van der Waals surface area (Å²) in [6, 6.07) is 7.37. The van der Waals surface area contributed by atoms with Gasteiger partial charge in [-0.2, -0.15) is 11.8 Å². The van der Waals surface area contributed by atoms with E-state index in [2.05, 4.69) is 24.1 Å². The van der Waals surface area contributed by atoms with E-state index in [1.165, 1.54) is 6.42 Å². The third kappa shape index (κ3) is 5.16. The number of rotatable bonds is 5. The topological polar surface area (TPSA) is 70.7 Å². The van der Waals surface area contributed by atoms with Crippen LogP contribution in [0.2, 0.25) is 0 Å². The highest BCUT2D eigenvalue weighted by Gasteiger charge is 2.21. The SMILES string of the molecule is CCNC(=NCc1cccc(C(N)=O)c1)N1CCSC(CC)C1. The minimum absolute atomic E-state index is 0.401. The van der Waals surface area contributed by atoms with Gasteiger partial charge in [-0.15, -0.1) is 0 Å². The van der Waals surface area contributed by atoms with Crippen molar-refractivity contribution >= 4 is 23.6 Å². The van der Waals surface area contributed by atoms with E-state index in [0.29, 0.717) is 17.4 Å². The van der Waals surface area contributed by atoms with E-state index >= 15 is 0 Å². The predicted octanol–water partition coefficient (Wildman–Crippen LogP) is 2.08. The molecule has 1 unspecified atom stereocenters. The van der Waals surface area contributed by atoms with Crippen molar-refractivity contribution in [1.82, 2.24) is 10.2 Å². The van der Waals surface area contributed by atoms with Crippen LogP contribution in [-0.4, -0.2) is 47.4 Å². The maximum absolute atomic E-state index is 11.3. The Hall–Kier alpha value is -1.69. The number of amides is 1. The fourth-order valence-electron chi connectivity index (χ4n) is 2.57. The first-order valence-corrected chi connectivity index (χ1v) is 9.22. The van der Waals surface area contributed by atoms with Crippen molar-refractivity contribution in [3.8, 4) is 0 Å². The van der Waals surface area contributed by atoms with E-state index in [9.17, 15) is 4.79 Å². The Morgan fingerprint density at radius 2 is 2.30 bits per heavy atom. The van der Waals surface area contributed by atoms with E-state index in [1.807, 2.05) is 30.0 Å². The molecule has 2 rings (SSSR count). The predicted molar refractivity (Wildman–Crippen MR) is 97.9 cm³/mol. The lowest BCUT2D eigenvalue weighted by Crippen LogP contribution is -2.48. The summed E-state index contributed by atoms with van der Waals surface area (Å²) in [5.41, 5.74) is 6.86. The molecule has 1 aromatic rings. The van der Waals surface area contributed by atoms with E-state index in [0.717, 1.165) is 36.9 Å². The number of benzene rings is 1. The first-order chi connectivity index (χ1) is 11.1. The van der Waals surface area contributed by atoms with Crippen molar-refractivity contribution in [3.05, 3.63) is 35.4 Å². The summed E-state index contributed by atoms with van der Waals surface area (Å²) in [4.78, 5) is 18.4. The molecular weight excluding hydrogens is 308 g/mol. The molecule has 0 radical (unpaired) electrons. The summed E-state index contributed by atoms with van der Waals surface area (Å²) >= 11 is 2.05. The van der Waals surface area contributed by atoms with Crippen LogP contribution in [0.3, 0.4) is 0 Å². The second-order valence-corrected chi connectivity index (χ2v) is 6.99. The fourth-order valence-corrected chi connectivity index (χ4v) is 3.75. The fraction of sp³-hybridized carbons (Fsp3) is 0.529. The molecule has 0 saturated carbocycles. The van der Waals surface area contributed by atoms with Crippen LogP contribution in [0.1, 0.15) is 36.2 Å². The van der Waals surface area contributed by atoms with Crippen molar-refractivity contribution in [1.29, 1.82) is 0 Å². The van der Waals surface area contributed by atoms with E-state index in [1.54, 1.807) is 6.07 Å². The van der Waals surface area contributed by atoms with Gasteiger partial charge in [0.05, 0.1) is 6.54 Å². The molecule has 126 valence electrons. The Balaban J connectivity index is 2.09. The molecule has 1 atom stereocenters. The van der Waals surface area contributed by atoms with Crippen LogP contribution in [0.25, 0.3) is 0 Å². The molecule has 1 amide bonds. The smallest absolute Gasteiger partial charge is 0.248 e. The van der Waals surface area contributed by atoms with Gasteiger partial charge in [-0.05, 0) is 31.0 Å². The average Bonchev–Trinajstić information content (AvgIpc) is 2.59. The molecule has 0 spiro atoms. The van der Waals surface area contributed by atoms with Gasteiger partial charge in [0.2, 0.25) is 5.91 Å². The minimum atomic E-state index is -0.401. The van der Waals surface area contributed by atoms with Gasteiger partial charge in [0.15, 0.2) is 5.96 Å². The molecule has 1 heterocycles. The number of primary amides is 1. The summed E-state index contributed by atoms with van der Waals surface area (Å²) in [6.07, 6.45) is 1.18. The van der Waals surface area contributed by atoms with Gasteiger partial charge >= 0.3 is 0 Å². The number of carbonyl (C=O) groups is 1. The number of aliphatic imine (C=N–C) groups is 1. The van der Waals surface area contributed by atoms with E-state index in [4.69, 9.17) is 10.7 Å². The summed E-state index contributed by atoms with van der Waals surface area (Å²) in [5.74, 6) is 1.69. The van der Waals surface area contributed by atoms with Crippen molar-refractivity contribution in [2.75, 3.05) is 25.4 Å². The number of nitrogens with zero attached hydrogens (tertiary/aromatic N) is 2. The highest BCUT2D eigenvalue weighted by atomic mass is 32.2. The van der Waals surface area contributed by atoms with Crippen molar-refractivity contribution in [2.24, 2.45) is 10.7 Å². The molecule has 1 aromatic carbocycles. The van der Waals surface area contributed by atoms with E-state index < -0.39 is 5.91 Å². The summed E-state index contributed by atoms with van der Waals surface area (Å²) < 4.78 is 0. The second kappa shape index (κ2) is 8.82. The highest BCUT2D eigenvalue weighted by Crippen LogP contribution is 2.21. The van der Waals surface area contributed by atoms with Crippen LogP contribution in [0.4, 0.5) is 0 Å². The molecule has 3 N–H and O–H groups in total. The quantitative estimate of drug-likeness (QED) is 0.639. The van der Waals surface area contributed by atoms with Crippen molar-refractivity contribution in [2.45, 2.75) is 32.1 Å². The molecule has 1 aliphatic rings. The second-order valence-electron chi connectivity index (χ2n) is 5.58. The monoisotopic (exact) mass is 334 g/mol. The molecule has 1 saturated heterocycles. The van der Waals surface area contributed by atoms with Crippen LogP contribution in [0.15, 0.2) is 29.3 Å². The number of carbonyl (C=O) groups excluding carboxylic acids is 1. The summed E-state index contributed by atoms with van der Waals surface area (Å²) in [6.45, 7) is 7.77. The zero-order valence-electron chi connectivity index (χ0n) is 13.9. The van der Waals surface area contributed by atoms with Crippen LogP contribution in [0, 0.1) is 0 Å². The molecule has 1 aliphatic heterocycles. The normalized spacial score (nSPS) is 18.8. The van der Waals surface area contributed by atoms with Gasteiger partial charge in [-0.25, -0.2) is 4.99 Å². The number of guanidine groups is 1. The lowest BCUT2D eigenvalue weighted by atomic mass is 10.1. The third-order valence-corrected chi connectivity index (χ3v) is 5.22. The first kappa shape index (κ1) is 17.7. The number of nitrogens with two attached hydrogens (primary N) is 1. The van der Waals surface area contributed by atoms with E-state index in [-0.39, 0.29) is 0 Å².